The number of thioether (sulfide) groups is 1. The third-order valence-electron chi connectivity index (χ3n) is 2.19. The van der Waals surface area contributed by atoms with Crippen molar-refractivity contribution in [2.24, 2.45) is 5.73 Å². The molecule has 0 aliphatic heterocycles. The maximum atomic E-state index is 5.80. The van der Waals surface area contributed by atoms with Crippen molar-refractivity contribution in [3.05, 3.63) is 35.4 Å². The first-order valence-electron chi connectivity index (χ1n) is 5.06. The highest BCUT2D eigenvalue weighted by Gasteiger charge is 2.13. The predicted octanol–water partition coefficient (Wildman–Crippen LogP) is 3.14. The van der Waals surface area contributed by atoms with Gasteiger partial charge in [-0.25, -0.2) is 0 Å². The van der Waals surface area contributed by atoms with Crippen molar-refractivity contribution in [2.75, 3.05) is 6.54 Å². The van der Waals surface area contributed by atoms with Crippen LogP contribution in [0.4, 0.5) is 0 Å². The molecule has 2 N–H and O–H groups in total. The SMILES string of the molecule is Cc1ccccc1C(CN)SC(C)C. The smallest absolute Gasteiger partial charge is 0.0424 e. The Morgan fingerprint density at radius 3 is 2.43 bits per heavy atom. The van der Waals surface area contributed by atoms with Crippen molar-refractivity contribution < 1.29 is 0 Å². The van der Waals surface area contributed by atoms with Gasteiger partial charge in [0.2, 0.25) is 0 Å². The molecule has 0 spiro atoms. The van der Waals surface area contributed by atoms with E-state index in [0.717, 1.165) is 0 Å². The van der Waals surface area contributed by atoms with Crippen LogP contribution >= 0.6 is 11.8 Å². The highest BCUT2D eigenvalue weighted by Crippen LogP contribution is 2.32. The van der Waals surface area contributed by atoms with Gasteiger partial charge in [0.15, 0.2) is 0 Å². The molecule has 1 nitrogen and oxygen atoms in total. The molecule has 0 heterocycles. The van der Waals surface area contributed by atoms with Crippen LogP contribution in [0, 0.1) is 6.92 Å². The molecule has 0 saturated heterocycles. The van der Waals surface area contributed by atoms with Crippen LogP contribution in [0.5, 0.6) is 0 Å². The molecule has 0 fully saturated rings. The zero-order valence-electron chi connectivity index (χ0n) is 9.16. The van der Waals surface area contributed by atoms with E-state index in [2.05, 4.69) is 45.0 Å². The number of nitrogens with two attached hydrogens (primary N) is 1. The number of hydrogen-bond acceptors (Lipinski definition) is 2. The van der Waals surface area contributed by atoms with Gasteiger partial charge in [-0.15, -0.1) is 11.8 Å². The first-order valence-corrected chi connectivity index (χ1v) is 6.00. The molecule has 1 unspecified atom stereocenters. The van der Waals surface area contributed by atoms with Crippen molar-refractivity contribution in [3.63, 3.8) is 0 Å². The summed E-state index contributed by atoms with van der Waals surface area (Å²) in [5.74, 6) is 0. The van der Waals surface area contributed by atoms with Gasteiger partial charge in [-0.05, 0) is 23.3 Å². The largest absolute Gasteiger partial charge is 0.329 e. The molecular weight excluding hydrogens is 190 g/mol. The molecule has 1 rings (SSSR count). The molecule has 2 heteroatoms. The summed E-state index contributed by atoms with van der Waals surface area (Å²) in [6, 6.07) is 8.50. The minimum atomic E-state index is 0.441. The number of benzene rings is 1. The van der Waals surface area contributed by atoms with Gasteiger partial charge in [-0.2, -0.15) is 0 Å². The molecule has 0 aliphatic rings. The molecule has 1 aromatic rings. The first kappa shape index (κ1) is 11.6. The molecule has 0 bridgehead atoms. The van der Waals surface area contributed by atoms with Crippen LogP contribution in [0.3, 0.4) is 0 Å². The van der Waals surface area contributed by atoms with Crippen LogP contribution in [0.15, 0.2) is 24.3 Å². The Morgan fingerprint density at radius 1 is 1.29 bits per heavy atom. The Morgan fingerprint density at radius 2 is 1.93 bits per heavy atom. The Kier molecular flexibility index (Phi) is 4.49. The Hall–Kier alpha value is -0.470. The lowest BCUT2D eigenvalue weighted by atomic mass is 10.1. The lowest BCUT2D eigenvalue weighted by molar-refractivity contribution is 0.919. The molecule has 0 radical (unpaired) electrons. The third-order valence-corrected chi connectivity index (χ3v) is 3.51. The van der Waals surface area contributed by atoms with Gasteiger partial charge in [-0.1, -0.05) is 38.1 Å². The van der Waals surface area contributed by atoms with Crippen LogP contribution in [0.25, 0.3) is 0 Å². The Balaban J connectivity index is 2.83. The maximum Gasteiger partial charge on any atom is 0.0424 e. The van der Waals surface area contributed by atoms with E-state index >= 15 is 0 Å². The lowest BCUT2D eigenvalue weighted by Crippen LogP contribution is -2.12. The van der Waals surface area contributed by atoms with Crippen LogP contribution in [0.2, 0.25) is 0 Å². The first-order chi connectivity index (χ1) is 6.65. The van der Waals surface area contributed by atoms with Gasteiger partial charge < -0.3 is 5.73 Å². The van der Waals surface area contributed by atoms with Gasteiger partial charge in [0.1, 0.15) is 0 Å². The molecule has 14 heavy (non-hydrogen) atoms. The van der Waals surface area contributed by atoms with E-state index < -0.39 is 0 Å². The molecular formula is C12H19NS. The molecule has 1 aromatic carbocycles. The third kappa shape index (κ3) is 3.03. The summed E-state index contributed by atoms with van der Waals surface area (Å²) < 4.78 is 0. The zero-order chi connectivity index (χ0) is 10.6. The van der Waals surface area contributed by atoms with Crippen molar-refractivity contribution >= 4 is 11.8 Å². The fourth-order valence-electron chi connectivity index (χ4n) is 1.53. The lowest BCUT2D eigenvalue weighted by Gasteiger charge is -2.19. The topological polar surface area (TPSA) is 26.0 Å². The van der Waals surface area contributed by atoms with Crippen LogP contribution in [0.1, 0.15) is 30.2 Å². The van der Waals surface area contributed by atoms with Crippen molar-refractivity contribution in [3.8, 4) is 0 Å². The summed E-state index contributed by atoms with van der Waals surface area (Å²) in [5, 5.41) is 1.07. The Labute approximate surface area is 91.1 Å². The number of aryl methyl sites for hydroxylation is 1. The second-order valence-corrected chi connectivity index (χ2v) is 5.55. The molecule has 0 saturated carbocycles. The van der Waals surface area contributed by atoms with Gasteiger partial charge in [-0.3, -0.25) is 0 Å². The minimum Gasteiger partial charge on any atom is -0.329 e. The van der Waals surface area contributed by atoms with E-state index in [9.17, 15) is 0 Å². The van der Waals surface area contributed by atoms with E-state index in [0.29, 0.717) is 17.0 Å². The summed E-state index contributed by atoms with van der Waals surface area (Å²) in [5.41, 5.74) is 8.53. The fourth-order valence-corrected chi connectivity index (χ4v) is 2.71. The summed E-state index contributed by atoms with van der Waals surface area (Å²) in [7, 11) is 0. The highest BCUT2D eigenvalue weighted by molar-refractivity contribution is 8.00. The minimum absolute atomic E-state index is 0.441. The number of rotatable bonds is 4. The normalized spacial score (nSPS) is 13.2. The Bertz CT molecular complexity index is 283. The van der Waals surface area contributed by atoms with E-state index in [4.69, 9.17) is 5.73 Å². The summed E-state index contributed by atoms with van der Waals surface area (Å²) in [4.78, 5) is 0. The van der Waals surface area contributed by atoms with Crippen LogP contribution in [-0.4, -0.2) is 11.8 Å². The molecule has 0 aliphatic carbocycles. The maximum absolute atomic E-state index is 5.80. The average Bonchev–Trinajstić information content (AvgIpc) is 2.15. The molecule has 78 valence electrons. The molecule has 0 aromatic heterocycles. The van der Waals surface area contributed by atoms with E-state index in [1.165, 1.54) is 11.1 Å². The zero-order valence-corrected chi connectivity index (χ0v) is 9.97. The monoisotopic (exact) mass is 209 g/mol. The van der Waals surface area contributed by atoms with Gasteiger partial charge >= 0.3 is 0 Å². The van der Waals surface area contributed by atoms with Gasteiger partial charge in [0, 0.05) is 11.8 Å². The summed E-state index contributed by atoms with van der Waals surface area (Å²) >= 11 is 1.94. The van der Waals surface area contributed by atoms with Crippen LogP contribution < -0.4 is 5.73 Å². The van der Waals surface area contributed by atoms with E-state index in [1.54, 1.807) is 0 Å². The number of hydrogen-bond donors (Lipinski definition) is 1. The standard InChI is InChI=1S/C12H19NS/c1-9(2)14-12(8-13)11-7-5-4-6-10(11)3/h4-7,9,12H,8,13H2,1-3H3. The van der Waals surface area contributed by atoms with Gasteiger partial charge in [0.25, 0.3) is 0 Å². The van der Waals surface area contributed by atoms with Gasteiger partial charge in [0.05, 0.1) is 0 Å². The second-order valence-electron chi connectivity index (χ2n) is 3.77. The van der Waals surface area contributed by atoms with E-state index in [-0.39, 0.29) is 0 Å². The quantitative estimate of drug-likeness (QED) is 0.824. The van der Waals surface area contributed by atoms with Crippen LogP contribution in [-0.2, 0) is 0 Å². The summed E-state index contributed by atoms with van der Waals surface area (Å²) in [6.45, 7) is 7.30. The fraction of sp³-hybridized carbons (Fsp3) is 0.500. The average molecular weight is 209 g/mol. The molecule has 0 amide bonds. The molecule has 1 atom stereocenters. The van der Waals surface area contributed by atoms with Crippen molar-refractivity contribution in [2.45, 2.75) is 31.3 Å². The predicted molar refractivity (Wildman–Crippen MR) is 65.7 cm³/mol. The second kappa shape index (κ2) is 5.42. The van der Waals surface area contributed by atoms with Crippen molar-refractivity contribution in [1.29, 1.82) is 0 Å². The highest BCUT2D eigenvalue weighted by atomic mass is 32.2. The summed E-state index contributed by atoms with van der Waals surface area (Å²) in [6.07, 6.45) is 0. The van der Waals surface area contributed by atoms with Crippen molar-refractivity contribution in [1.82, 2.24) is 0 Å². The van der Waals surface area contributed by atoms with E-state index in [1.807, 2.05) is 11.8 Å².